The van der Waals surface area contributed by atoms with Crippen LogP contribution in [0.5, 0.6) is 0 Å². The van der Waals surface area contributed by atoms with E-state index < -0.39 is 0 Å². The minimum Gasteiger partial charge on any atom is -0.321 e. The third-order valence-electron chi connectivity index (χ3n) is 2.20. The highest BCUT2D eigenvalue weighted by atomic mass is 127. The van der Waals surface area contributed by atoms with Crippen LogP contribution in [0.4, 0.5) is 5.69 Å². The second-order valence-corrected chi connectivity index (χ2v) is 4.50. The van der Waals surface area contributed by atoms with E-state index in [0.29, 0.717) is 5.56 Å². The van der Waals surface area contributed by atoms with Gasteiger partial charge in [0.25, 0.3) is 5.91 Å². The summed E-state index contributed by atoms with van der Waals surface area (Å²) in [6, 6.07) is 7.63. The average Bonchev–Trinajstić information content (AvgIpc) is 2.68. The molecule has 0 atom stereocenters. The van der Waals surface area contributed by atoms with Crippen LogP contribution in [0.2, 0.25) is 0 Å². The van der Waals surface area contributed by atoms with E-state index >= 15 is 0 Å². The summed E-state index contributed by atoms with van der Waals surface area (Å²) in [6.07, 6.45) is 1.53. The van der Waals surface area contributed by atoms with Gasteiger partial charge in [-0.1, -0.05) is 12.1 Å². The summed E-state index contributed by atoms with van der Waals surface area (Å²) in [6.45, 7) is 1.82. The Morgan fingerprint density at radius 2 is 2.19 bits per heavy atom. The fourth-order valence-corrected chi connectivity index (χ4v) is 1.85. The molecule has 0 unspecified atom stereocenters. The van der Waals surface area contributed by atoms with Crippen molar-refractivity contribution in [2.75, 3.05) is 5.32 Å². The predicted molar refractivity (Wildman–Crippen MR) is 70.4 cm³/mol. The quantitative estimate of drug-likeness (QED) is 0.833. The van der Waals surface area contributed by atoms with E-state index in [1.807, 2.05) is 31.2 Å². The second-order valence-electron chi connectivity index (χ2n) is 3.34. The van der Waals surface area contributed by atoms with E-state index in [4.69, 9.17) is 0 Å². The van der Waals surface area contributed by atoms with Gasteiger partial charge in [0, 0.05) is 9.26 Å². The Bertz CT molecular complexity index is 521. The number of anilines is 1. The molecule has 0 saturated heterocycles. The summed E-state index contributed by atoms with van der Waals surface area (Å²) in [4.78, 5) is 11.9. The van der Waals surface area contributed by atoms with Gasteiger partial charge in [0.15, 0.2) is 0 Å². The average molecular weight is 327 g/mol. The molecule has 16 heavy (non-hydrogen) atoms. The van der Waals surface area contributed by atoms with Crippen LogP contribution in [0.1, 0.15) is 16.1 Å². The number of hydrogen-bond donors (Lipinski definition) is 2. The molecule has 0 saturated carbocycles. The van der Waals surface area contributed by atoms with Crippen molar-refractivity contribution in [3.8, 4) is 0 Å². The van der Waals surface area contributed by atoms with Gasteiger partial charge in [0.1, 0.15) is 0 Å². The Labute approximate surface area is 107 Å². The van der Waals surface area contributed by atoms with Crippen molar-refractivity contribution in [3.63, 3.8) is 0 Å². The van der Waals surface area contributed by atoms with Crippen LogP contribution in [-0.4, -0.2) is 16.1 Å². The summed E-state index contributed by atoms with van der Waals surface area (Å²) < 4.78 is 1.01. The molecule has 82 valence electrons. The van der Waals surface area contributed by atoms with Crippen molar-refractivity contribution in [3.05, 3.63) is 45.3 Å². The number of H-pyrrole nitrogens is 1. The van der Waals surface area contributed by atoms with E-state index in [1.165, 1.54) is 6.20 Å². The molecular weight excluding hydrogens is 317 g/mol. The fraction of sp³-hybridized carbons (Fsp3) is 0.0909. The maximum Gasteiger partial charge on any atom is 0.259 e. The van der Waals surface area contributed by atoms with Gasteiger partial charge in [-0.05, 0) is 41.6 Å². The number of aryl methyl sites for hydroxylation is 1. The van der Waals surface area contributed by atoms with Gasteiger partial charge in [0.2, 0.25) is 0 Å². The first-order valence-corrected chi connectivity index (χ1v) is 5.82. The number of nitrogens with one attached hydrogen (secondary N) is 2. The predicted octanol–water partition coefficient (Wildman–Crippen LogP) is 2.58. The molecule has 0 spiro atoms. The highest BCUT2D eigenvalue weighted by Gasteiger charge is 2.11. The highest BCUT2D eigenvalue weighted by Crippen LogP contribution is 2.18. The molecule has 0 bridgehead atoms. The van der Waals surface area contributed by atoms with Crippen LogP contribution in [0.15, 0.2) is 30.5 Å². The zero-order valence-electron chi connectivity index (χ0n) is 8.62. The van der Waals surface area contributed by atoms with Gasteiger partial charge in [0.05, 0.1) is 17.4 Å². The largest absolute Gasteiger partial charge is 0.321 e. The van der Waals surface area contributed by atoms with Crippen LogP contribution < -0.4 is 5.32 Å². The molecule has 4 nitrogen and oxygen atoms in total. The number of rotatable bonds is 2. The smallest absolute Gasteiger partial charge is 0.259 e. The van der Waals surface area contributed by atoms with Crippen molar-refractivity contribution < 1.29 is 4.79 Å². The van der Waals surface area contributed by atoms with Gasteiger partial charge < -0.3 is 5.32 Å². The Morgan fingerprint density at radius 3 is 2.81 bits per heavy atom. The van der Waals surface area contributed by atoms with Gasteiger partial charge in [-0.3, -0.25) is 9.89 Å². The standard InChI is InChI=1S/C11H10IN3O/c1-7-8(6-13-15-7)11(16)14-10-5-3-2-4-9(10)12/h2-6H,1H3,(H,13,15)(H,14,16). The Morgan fingerprint density at radius 1 is 1.44 bits per heavy atom. The molecule has 2 aromatic rings. The molecule has 0 aliphatic rings. The van der Waals surface area contributed by atoms with Crippen molar-refractivity contribution in [2.24, 2.45) is 0 Å². The summed E-state index contributed by atoms with van der Waals surface area (Å²) in [5.74, 6) is -0.143. The molecule has 2 rings (SSSR count). The maximum atomic E-state index is 11.9. The molecule has 0 aliphatic carbocycles. The van der Waals surface area contributed by atoms with Crippen LogP contribution in [0.25, 0.3) is 0 Å². The summed E-state index contributed by atoms with van der Waals surface area (Å²) in [5, 5.41) is 9.40. The number of hydrogen-bond acceptors (Lipinski definition) is 2. The third kappa shape index (κ3) is 2.24. The highest BCUT2D eigenvalue weighted by molar-refractivity contribution is 14.1. The molecular formula is C11H10IN3O. The molecule has 1 heterocycles. The summed E-state index contributed by atoms with van der Waals surface area (Å²) in [5.41, 5.74) is 2.15. The molecule has 2 N–H and O–H groups in total. The number of carbonyl (C=O) groups excluding carboxylic acids is 1. The summed E-state index contributed by atoms with van der Waals surface area (Å²) in [7, 11) is 0. The molecule has 0 aliphatic heterocycles. The second kappa shape index (κ2) is 4.65. The monoisotopic (exact) mass is 327 g/mol. The summed E-state index contributed by atoms with van der Waals surface area (Å²) >= 11 is 2.18. The molecule has 1 aromatic carbocycles. The number of carbonyl (C=O) groups is 1. The zero-order valence-corrected chi connectivity index (χ0v) is 10.8. The SMILES string of the molecule is Cc1[nH]ncc1C(=O)Nc1ccccc1I. The van der Waals surface area contributed by atoms with Gasteiger partial charge in [-0.2, -0.15) is 5.10 Å². The topological polar surface area (TPSA) is 57.8 Å². The first-order valence-electron chi connectivity index (χ1n) is 4.74. The fourth-order valence-electron chi connectivity index (χ4n) is 1.33. The van der Waals surface area contributed by atoms with Gasteiger partial charge >= 0.3 is 0 Å². The van der Waals surface area contributed by atoms with Crippen LogP contribution in [0, 0.1) is 10.5 Å². The van der Waals surface area contributed by atoms with Crippen molar-refractivity contribution in [1.29, 1.82) is 0 Å². The normalized spacial score (nSPS) is 10.1. The Balaban J connectivity index is 2.21. The lowest BCUT2D eigenvalue weighted by molar-refractivity contribution is 0.102. The van der Waals surface area contributed by atoms with Crippen LogP contribution >= 0.6 is 22.6 Å². The zero-order chi connectivity index (χ0) is 11.5. The minimum absolute atomic E-state index is 0.143. The minimum atomic E-state index is -0.143. The molecule has 0 radical (unpaired) electrons. The lowest BCUT2D eigenvalue weighted by atomic mass is 10.2. The number of aromatic nitrogens is 2. The first-order chi connectivity index (χ1) is 7.68. The Kier molecular flexibility index (Phi) is 3.23. The molecule has 1 amide bonds. The lowest BCUT2D eigenvalue weighted by Crippen LogP contribution is -2.13. The van der Waals surface area contributed by atoms with E-state index in [9.17, 15) is 4.79 Å². The van der Waals surface area contributed by atoms with Crippen LogP contribution in [0.3, 0.4) is 0 Å². The molecule has 0 fully saturated rings. The number of nitrogens with zero attached hydrogens (tertiary/aromatic N) is 1. The van der Waals surface area contributed by atoms with Crippen molar-refractivity contribution >= 4 is 34.2 Å². The lowest BCUT2D eigenvalue weighted by Gasteiger charge is -2.05. The third-order valence-corrected chi connectivity index (χ3v) is 3.14. The number of amides is 1. The van der Waals surface area contributed by atoms with Gasteiger partial charge in [-0.25, -0.2) is 0 Å². The number of benzene rings is 1. The number of halogens is 1. The first kappa shape index (κ1) is 11.1. The van der Waals surface area contributed by atoms with Crippen molar-refractivity contribution in [1.82, 2.24) is 10.2 Å². The molecule has 5 heteroatoms. The van der Waals surface area contributed by atoms with E-state index in [1.54, 1.807) is 0 Å². The van der Waals surface area contributed by atoms with E-state index in [-0.39, 0.29) is 5.91 Å². The Hall–Kier alpha value is -1.37. The molecule has 1 aromatic heterocycles. The van der Waals surface area contributed by atoms with E-state index in [0.717, 1.165) is 15.0 Å². The van der Waals surface area contributed by atoms with E-state index in [2.05, 4.69) is 38.1 Å². The maximum absolute atomic E-state index is 11.9. The number of aromatic amines is 1. The van der Waals surface area contributed by atoms with Crippen LogP contribution in [-0.2, 0) is 0 Å². The van der Waals surface area contributed by atoms with Gasteiger partial charge in [-0.15, -0.1) is 0 Å². The van der Waals surface area contributed by atoms with Crippen molar-refractivity contribution in [2.45, 2.75) is 6.92 Å². The number of para-hydroxylation sites is 1.